The van der Waals surface area contributed by atoms with Crippen LogP contribution in [-0.4, -0.2) is 54.2 Å². The molecular weight excluding hydrogens is 268 g/mol. The summed E-state index contributed by atoms with van der Waals surface area (Å²) < 4.78 is 0. The van der Waals surface area contributed by atoms with E-state index in [4.69, 9.17) is 5.11 Å². The van der Waals surface area contributed by atoms with Gasteiger partial charge in [0.05, 0.1) is 5.37 Å². The van der Waals surface area contributed by atoms with Crippen LogP contribution in [0.4, 0.5) is 0 Å². The molecular formula is C11H16N4O3S. The van der Waals surface area contributed by atoms with E-state index in [1.54, 1.807) is 0 Å². The van der Waals surface area contributed by atoms with Gasteiger partial charge in [-0.15, -0.1) is 16.9 Å². The van der Waals surface area contributed by atoms with E-state index in [0.29, 0.717) is 18.0 Å². The zero-order valence-corrected chi connectivity index (χ0v) is 11.6. The van der Waals surface area contributed by atoms with Gasteiger partial charge in [-0.3, -0.25) is 9.89 Å². The maximum absolute atomic E-state index is 12.3. The summed E-state index contributed by atoms with van der Waals surface area (Å²) in [5.74, 6) is -0.326. The largest absolute Gasteiger partial charge is 0.480 e. The van der Waals surface area contributed by atoms with Gasteiger partial charge in [0.25, 0.3) is 5.91 Å². The lowest BCUT2D eigenvalue weighted by Crippen LogP contribution is -2.45. The number of carbonyl (C=O) groups excluding carboxylic acids is 1. The minimum Gasteiger partial charge on any atom is -0.480 e. The first kappa shape index (κ1) is 13.9. The molecule has 0 saturated carbocycles. The number of hydrogen-bond acceptors (Lipinski definition) is 5. The second-order valence-corrected chi connectivity index (χ2v) is 5.70. The van der Waals surface area contributed by atoms with Crippen molar-refractivity contribution >= 4 is 23.6 Å². The highest BCUT2D eigenvalue weighted by molar-refractivity contribution is 8.00. The molecule has 0 spiro atoms. The van der Waals surface area contributed by atoms with Gasteiger partial charge in [-0.2, -0.15) is 0 Å². The van der Waals surface area contributed by atoms with Crippen LogP contribution in [0.3, 0.4) is 0 Å². The van der Waals surface area contributed by atoms with Crippen molar-refractivity contribution in [2.24, 2.45) is 0 Å². The Balaban J connectivity index is 2.19. The molecule has 2 rings (SSSR count). The molecule has 1 aromatic heterocycles. The number of carboxylic acid groups (broad SMARTS) is 1. The van der Waals surface area contributed by atoms with Gasteiger partial charge in [0.2, 0.25) is 5.82 Å². The minimum atomic E-state index is -0.991. The van der Waals surface area contributed by atoms with E-state index < -0.39 is 17.9 Å². The quantitative estimate of drug-likeness (QED) is 0.846. The fraction of sp³-hybridized carbons (Fsp3) is 0.636. The zero-order valence-electron chi connectivity index (χ0n) is 10.8. The van der Waals surface area contributed by atoms with Crippen LogP contribution in [0.1, 0.15) is 36.7 Å². The summed E-state index contributed by atoms with van der Waals surface area (Å²) in [5.41, 5.74) is 0. The molecule has 2 heterocycles. The Kier molecular flexibility index (Phi) is 4.08. The van der Waals surface area contributed by atoms with Gasteiger partial charge in [0, 0.05) is 12.2 Å². The number of thioether (sulfide) groups is 1. The fourth-order valence-electron chi connectivity index (χ4n) is 2.00. The molecule has 1 saturated heterocycles. The Morgan fingerprint density at radius 2 is 2.32 bits per heavy atom. The molecule has 1 fully saturated rings. The molecule has 7 nitrogen and oxygen atoms in total. The summed E-state index contributed by atoms with van der Waals surface area (Å²) in [7, 11) is 0. The first-order valence-corrected chi connectivity index (χ1v) is 7.17. The van der Waals surface area contributed by atoms with Crippen molar-refractivity contribution in [3.05, 3.63) is 11.6 Å². The predicted octanol–water partition coefficient (Wildman–Crippen LogP) is 0.745. The van der Waals surface area contributed by atoms with E-state index in [1.807, 2.05) is 13.8 Å². The Bertz CT molecular complexity index is 490. The average molecular weight is 284 g/mol. The van der Waals surface area contributed by atoms with Crippen LogP contribution in [0.5, 0.6) is 0 Å². The molecule has 1 aromatic rings. The molecule has 1 aliphatic heterocycles. The van der Waals surface area contributed by atoms with Crippen LogP contribution in [-0.2, 0) is 11.2 Å². The van der Waals surface area contributed by atoms with Crippen molar-refractivity contribution < 1.29 is 14.7 Å². The van der Waals surface area contributed by atoms with Gasteiger partial charge in [-0.05, 0) is 13.3 Å². The van der Waals surface area contributed by atoms with Gasteiger partial charge in [0.15, 0.2) is 0 Å². The molecule has 0 bridgehead atoms. The number of aromatic amines is 1. The van der Waals surface area contributed by atoms with E-state index >= 15 is 0 Å². The number of rotatable bonds is 4. The molecule has 0 radical (unpaired) electrons. The monoisotopic (exact) mass is 284 g/mol. The van der Waals surface area contributed by atoms with Crippen molar-refractivity contribution in [2.45, 2.75) is 38.1 Å². The van der Waals surface area contributed by atoms with Crippen molar-refractivity contribution in [1.82, 2.24) is 20.1 Å². The number of nitrogens with zero attached hydrogens (tertiary/aromatic N) is 3. The number of carboxylic acids is 1. The average Bonchev–Trinajstić information content (AvgIpc) is 2.95. The van der Waals surface area contributed by atoms with Crippen LogP contribution in [0.15, 0.2) is 0 Å². The van der Waals surface area contributed by atoms with E-state index in [9.17, 15) is 9.59 Å². The molecule has 1 amide bonds. The molecule has 0 aromatic carbocycles. The van der Waals surface area contributed by atoms with Gasteiger partial charge in [-0.1, -0.05) is 6.92 Å². The van der Waals surface area contributed by atoms with Gasteiger partial charge in [-0.25, -0.2) is 9.78 Å². The van der Waals surface area contributed by atoms with E-state index in [1.165, 1.54) is 16.7 Å². The molecule has 2 atom stereocenters. The summed E-state index contributed by atoms with van der Waals surface area (Å²) in [6, 6.07) is -0.805. The molecule has 19 heavy (non-hydrogen) atoms. The number of H-pyrrole nitrogens is 1. The highest BCUT2D eigenvalue weighted by Gasteiger charge is 2.41. The van der Waals surface area contributed by atoms with Crippen LogP contribution in [0.25, 0.3) is 0 Å². The lowest BCUT2D eigenvalue weighted by atomic mass is 10.2. The minimum absolute atomic E-state index is 0.0454. The Morgan fingerprint density at radius 1 is 1.58 bits per heavy atom. The van der Waals surface area contributed by atoms with Gasteiger partial charge < -0.3 is 10.0 Å². The van der Waals surface area contributed by atoms with Gasteiger partial charge in [0.1, 0.15) is 11.9 Å². The fourth-order valence-corrected chi connectivity index (χ4v) is 3.16. The first-order chi connectivity index (χ1) is 9.04. The van der Waals surface area contributed by atoms with Crippen LogP contribution < -0.4 is 0 Å². The Labute approximate surface area is 114 Å². The SMILES string of the molecule is CCCc1nc(C(=O)N2C(C)SCC2C(=O)O)n[nH]1. The predicted molar refractivity (Wildman–Crippen MR) is 69.9 cm³/mol. The van der Waals surface area contributed by atoms with Crippen molar-refractivity contribution in [2.75, 3.05) is 5.75 Å². The van der Waals surface area contributed by atoms with Crippen molar-refractivity contribution in [1.29, 1.82) is 0 Å². The second-order valence-electron chi connectivity index (χ2n) is 4.35. The smallest absolute Gasteiger partial charge is 0.327 e. The molecule has 2 unspecified atom stereocenters. The van der Waals surface area contributed by atoms with Crippen LogP contribution in [0.2, 0.25) is 0 Å². The van der Waals surface area contributed by atoms with Crippen molar-refractivity contribution in [3.8, 4) is 0 Å². The highest BCUT2D eigenvalue weighted by Crippen LogP contribution is 2.29. The number of amides is 1. The summed E-state index contributed by atoms with van der Waals surface area (Å²) in [5, 5.41) is 15.5. The number of aryl methyl sites for hydroxylation is 1. The number of carbonyl (C=O) groups is 2. The second kappa shape index (κ2) is 5.60. The Morgan fingerprint density at radius 3 is 2.95 bits per heavy atom. The zero-order chi connectivity index (χ0) is 14.0. The molecule has 2 N–H and O–H groups in total. The van der Waals surface area contributed by atoms with Crippen LogP contribution >= 0.6 is 11.8 Å². The molecule has 8 heteroatoms. The Hall–Kier alpha value is -1.57. The van der Waals surface area contributed by atoms with Crippen molar-refractivity contribution in [3.63, 3.8) is 0 Å². The maximum atomic E-state index is 12.3. The maximum Gasteiger partial charge on any atom is 0.327 e. The standard InChI is InChI=1S/C11H16N4O3S/c1-3-4-8-12-9(14-13-8)10(16)15-6(2)19-5-7(15)11(17)18/h6-7H,3-5H2,1-2H3,(H,17,18)(H,12,13,14). The topological polar surface area (TPSA) is 99.2 Å². The summed E-state index contributed by atoms with van der Waals surface area (Å²) in [4.78, 5) is 28.9. The van der Waals surface area contributed by atoms with E-state index in [-0.39, 0.29) is 11.2 Å². The normalized spacial score (nSPS) is 22.7. The summed E-state index contributed by atoms with van der Waals surface area (Å²) >= 11 is 1.44. The number of aliphatic carboxylic acids is 1. The lowest BCUT2D eigenvalue weighted by molar-refractivity contribution is -0.141. The lowest BCUT2D eigenvalue weighted by Gasteiger charge is -2.23. The third kappa shape index (κ3) is 2.73. The third-order valence-electron chi connectivity index (χ3n) is 2.95. The third-order valence-corrected chi connectivity index (χ3v) is 4.17. The number of nitrogens with one attached hydrogen (secondary N) is 1. The summed E-state index contributed by atoms with van der Waals surface area (Å²) in [6.07, 6.45) is 1.61. The molecule has 1 aliphatic rings. The van der Waals surface area contributed by atoms with Crippen LogP contribution in [0, 0.1) is 0 Å². The highest BCUT2D eigenvalue weighted by atomic mass is 32.2. The number of hydrogen-bond donors (Lipinski definition) is 2. The number of aromatic nitrogens is 3. The first-order valence-electron chi connectivity index (χ1n) is 6.13. The van der Waals surface area contributed by atoms with E-state index in [2.05, 4.69) is 15.2 Å². The molecule has 0 aliphatic carbocycles. The van der Waals surface area contributed by atoms with Gasteiger partial charge >= 0.3 is 5.97 Å². The van der Waals surface area contributed by atoms with E-state index in [0.717, 1.165) is 6.42 Å². The summed E-state index contributed by atoms with van der Waals surface area (Å²) in [6.45, 7) is 3.81. The molecule has 104 valence electrons.